The van der Waals surface area contributed by atoms with Gasteiger partial charge in [0.05, 0.1) is 29.3 Å². The van der Waals surface area contributed by atoms with Crippen molar-refractivity contribution >= 4 is 16.7 Å². The fourth-order valence-corrected chi connectivity index (χ4v) is 5.31. The molecular formula is C24H26N8. The van der Waals surface area contributed by atoms with E-state index >= 15 is 0 Å². The van der Waals surface area contributed by atoms with Gasteiger partial charge in [0.15, 0.2) is 5.82 Å². The highest BCUT2D eigenvalue weighted by Crippen LogP contribution is 2.34. The number of benzene rings is 1. The minimum absolute atomic E-state index is 0.518. The first-order valence-corrected chi connectivity index (χ1v) is 11.2. The molecule has 8 nitrogen and oxygen atoms in total. The van der Waals surface area contributed by atoms with Crippen LogP contribution in [0.3, 0.4) is 0 Å². The molecule has 2 N–H and O–H groups in total. The van der Waals surface area contributed by atoms with E-state index in [1.807, 2.05) is 19.2 Å². The second-order valence-corrected chi connectivity index (χ2v) is 9.06. The minimum Gasteiger partial charge on any atom is -0.355 e. The predicted octanol–water partition coefficient (Wildman–Crippen LogP) is 3.50. The molecule has 4 aromatic rings. The lowest BCUT2D eigenvalue weighted by Crippen LogP contribution is -2.47. The molecule has 0 radical (unpaired) electrons. The lowest BCUT2D eigenvalue weighted by atomic mass is 9.98. The van der Waals surface area contributed by atoms with Crippen LogP contribution in [-0.4, -0.2) is 55.8 Å². The Morgan fingerprint density at radius 1 is 0.938 bits per heavy atom. The number of nitrogens with one attached hydrogen (secondary N) is 2. The molecule has 0 spiro atoms. The maximum atomic E-state index is 4.59. The van der Waals surface area contributed by atoms with Gasteiger partial charge in [-0.15, -0.1) is 10.2 Å². The molecule has 2 atom stereocenters. The molecular weight excluding hydrogens is 400 g/mol. The lowest BCUT2D eigenvalue weighted by Gasteiger charge is -2.36. The van der Waals surface area contributed by atoms with Crippen LogP contribution in [0.1, 0.15) is 31.4 Å². The van der Waals surface area contributed by atoms with E-state index in [0.717, 1.165) is 44.8 Å². The van der Waals surface area contributed by atoms with Crippen molar-refractivity contribution in [1.82, 2.24) is 35.9 Å². The molecule has 2 aliphatic heterocycles. The van der Waals surface area contributed by atoms with Crippen LogP contribution in [0.25, 0.3) is 33.3 Å². The van der Waals surface area contributed by atoms with Crippen molar-refractivity contribution < 1.29 is 0 Å². The van der Waals surface area contributed by atoms with Gasteiger partial charge in [-0.1, -0.05) is 6.07 Å². The van der Waals surface area contributed by atoms with Gasteiger partial charge in [0.1, 0.15) is 0 Å². The van der Waals surface area contributed by atoms with Crippen LogP contribution in [0.15, 0.2) is 42.7 Å². The topological polar surface area (TPSA) is 95.5 Å². The van der Waals surface area contributed by atoms with Crippen LogP contribution in [0.2, 0.25) is 0 Å². The van der Waals surface area contributed by atoms with Crippen LogP contribution in [0.4, 0.5) is 5.82 Å². The number of anilines is 1. The van der Waals surface area contributed by atoms with E-state index < -0.39 is 0 Å². The van der Waals surface area contributed by atoms with Gasteiger partial charge in [0, 0.05) is 41.7 Å². The molecule has 0 saturated carbocycles. The van der Waals surface area contributed by atoms with Crippen molar-refractivity contribution in [1.29, 1.82) is 0 Å². The molecule has 8 heteroatoms. The summed E-state index contributed by atoms with van der Waals surface area (Å²) in [5.74, 6) is 0.927. The third-order valence-corrected chi connectivity index (χ3v) is 6.99. The largest absolute Gasteiger partial charge is 0.355 e. The molecule has 1 aromatic carbocycles. The van der Waals surface area contributed by atoms with Crippen LogP contribution >= 0.6 is 0 Å². The number of aryl methyl sites for hydroxylation is 1. The Balaban J connectivity index is 1.30. The lowest BCUT2D eigenvalue weighted by molar-refractivity contribution is 0.353. The van der Waals surface area contributed by atoms with E-state index in [0.29, 0.717) is 18.1 Å². The van der Waals surface area contributed by atoms with Gasteiger partial charge >= 0.3 is 0 Å². The summed E-state index contributed by atoms with van der Waals surface area (Å²) in [6.07, 6.45) is 8.58. The van der Waals surface area contributed by atoms with Gasteiger partial charge in [0.25, 0.3) is 0 Å². The van der Waals surface area contributed by atoms with Gasteiger partial charge in [-0.2, -0.15) is 15.3 Å². The summed E-state index contributed by atoms with van der Waals surface area (Å²) >= 11 is 0. The average molecular weight is 427 g/mol. The highest BCUT2D eigenvalue weighted by Gasteiger charge is 2.35. The number of hydrogen-bond acceptors (Lipinski definition) is 7. The number of hydrogen-bond donors (Lipinski definition) is 2. The first kappa shape index (κ1) is 19.3. The van der Waals surface area contributed by atoms with Gasteiger partial charge in [-0.25, -0.2) is 0 Å². The van der Waals surface area contributed by atoms with Crippen LogP contribution in [0.5, 0.6) is 0 Å². The van der Waals surface area contributed by atoms with E-state index in [-0.39, 0.29) is 0 Å². The zero-order chi connectivity index (χ0) is 21.7. The van der Waals surface area contributed by atoms with Crippen molar-refractivity contribution in [2.75, 3.05) is 11.9 Å². The van der Waals surface area contributed by atoms with Crippen molar-refractivity contribution in [2.45, 2.75) is 50.7 Å². The number of aromatic amines is 1. The summed E-state index contributed by atoms with van der Waals surface area (Å²) in [5, 5.41) is 29.5. The molecule has 2 unspecified atom stereocenters. The standard InChI is InChI=1S/C24H26N8/c1-14-9-15(12-25-28-14)19-5-6-20(24-21(19)13-26-31-24)22-7-8-23(30-29-22)32(2)18-10-16-3-4-17(11-18)27-16/h5-9,12-13,16-18,27H,3-4,10-11H2,1-2H3,(H,26,31). The number of nitrogens with zero attached hydrogens (tertiary/aromatic N) is 6. The van der Waals surface area contributed by atoms with E-state index in [9.17, 15) is 0 Å². The molecule has 5 heterocycles. The predicted molar refractivity (Wildman–Crippen MR) is 124 cm³/mol. The van der Waals surface area contributed by atoms with Crippen molar-refractivity contribution in [2.24, 2.45) is 0 Å². The van der Waals surface area contributed by atoms with Crippen LogP contribution in [-0.2, 0) is 0 Å². The second kappa shape index (κ2) is 7.63. The summed E-state index contributed by atoms with van der Waals surface area (Å²) in [6.45, 7) is 1.94. The number of aromatic nitrogens is 6. The van der Waals surface area contributed by atoms with Crippen LogP contribution in [0, 0.1) is 6.92 Å². The number of rotatable bonds is 4. The molecule has 2 saturated heterocycles. The van der Waals surface area contributed by atoms with Crippen LogP contribution < -0.4 is 10.2 Å². The number of H-pyrrole nitrogens is 1. The maximum absolute atomic E-state index is 4.59. The normalized spacial score (nSPS) is 22.4. The Labute approximate surface area is 186 Å². The Hall–Kier alpha value is -3.39. The monoisotopic (exact) mass is 426 g/mol. The molecule has 32 heavy (non-hydrogen) atoms. The highest BCUT2D eigenvalue weighted by molar-refractivity contribution is 6.01. The van der Waals surface area contributed by atoms with E-state index in [1.165, 1.54) is 25.7 Å². The van der Waals surface area contributed by atoms with E-state index in [1.54, 1.807) is 6.20 Å². The fraction of sp³-hybridized carbons (Fsp3) is 0.375. The summed E-state index contributed by atoms with van der Waals surface area (Å²) in [4.78, 5) is 2.30. The molecule has 6 rings (SSSR count). The van der Waals surface area contributed by atoms with E-state index in [4.69, 9.17) is 0 Å². The summed E-state index contributed by atoms with van der Waals surface area (Å²) in [6, 6.07) is 12.2. The fourth-order valence-electron chi connectivity index (χ4n) is 5.31. The Morgan fingerprint density at radius 2 is 1.75 bits per heavy atom. The highest BCUT2D eigenvalue weighted by atomic mass is 15.3. The molecule has 0 aliphatic carbocycles. The summed E-state index contributed by atoms with van der Waals surface area (Å²) in [5.41, 5.74) is 5.74. The Morgan fingerprint density at radius 3 is 2.50 bits per heavy atom. The Bertz CT molecular complexity index is 1250. The zero-order valence-corrected chi connectivity index (χ0v) is 18.3. The van der Waals surface area contributed by atoms with Crippen molar-refractivity contribution in [3.8, 4) is 22.4 Å². The summed E-state index contributed by atoms with van der Waals surface area (Å²) in [7, 11) is 2.14. The first-order valence-electron chi connectivity index (χ1n) is 11.2. The smallest absolute Gasteiger partial charge is 0.151 e. The third-order valence-electron chi connectivity index (χ3n) is 6.99. The molecule has 3 aromatic heterocycles. The average Bonchev–Trinajstić information content (AvgIpc) is 3.44. The third kappa shape index (κ3) is 3.31. The van der Waals surface area contributed by atoms with Gasteiger partial charge in [-0.3, -0.25) is 5.10 Å². The molecule has 162 valence electrons. The Kier molecular flexibility index (Phi) is 4.61. The molecule has 2 fully saturated rings. The first-order chi connectivity index (χ1) is 15.7. The van der Waals surface area contributed by atoms with Gasteiger partial charge < -0.3 is 10.2 Å². The molecule has 2 bridgehead atoms. The molecule has 2 aliphatic rings. The molecule has 0 amide bonds. The van der Waals surface area contributed by atoms with Crippen molar-refractivity contribution in [3.05, 3.63) is 48.4 Å². The SMILES string of the molecule is Cc1cc(-c2ccc(-c3ccc(N(C)C4CC5CCC(C4)N5)nn3)c3[nH]ncc23)cnn1. The second-order valence-electron chi connectivity index (χ2n) is 9.06. The minimum atomic E-state index is 0.518. The number of piperidine rings is 1. The quantitative estimate of drug-likeness (QED) is 0.516. The maximum Gasteiger partial charge on any atom is 0.151 e. The van der Waals surface area contributed by atoms with Crippen molar-refractivity contribution in [3.63, 3.8) is 0 Å². The van der Waals surface area contributed by atoms with E-state index in [2.05, 4.69) is 72.1 Å². The zero-order valence-electron chi connectivity index (χ0n) is 18.3. The van der Waals surface area contributed by atoms with Gasteiger partial charge in [-0.05, 0) is 62.4 Å². The summed E-state index contributed by atoms with van der Waals surface area (Å²) < 4.78 is 0. The number of fused-ring (bicyclic) bond motifs is 3. The van der Waals surface area contributed by atoms with Gasteiger partial charge in [0.2, 0.25) is 0 Å².